The molecule has 2 N–H and O–H groups in total. The molecule has 6 heteroatoms. The molecule has 4 aromatic rings. The van der Waals surface area contributed by atoms with Gasteiger partial charge in [0.1, 0.15) is 17.6 Å². The number of pyridine rings is 1. The summed E-state index contributed by atoms with van der Waals surface area (Å²) in [5.74, 6) is 0.663. The lowest BCUT2D eigenvalue weighted by atomic mass is 9.98. The molecule has 0 spiro atoms. The molecule has 2 heterocycles. The van der Waals surface area contributed by atoms with Crippen molar-refractivity contribution < 1.29 is 19.1 Å². The van der Waals surface area contributed by atoms with Gasteiger partial charge in [-0.2, -0.15) is 0 Å². The highest BCUT2D eigenvalue weighted by Gasteiger charge is 2.22. The highest BCUT2D eigenvalue weighted by atomic mass is 16.5. The van der Waals surface area contributed by atoms with Gasteiger partial charge in [-0.3, -0.25) is 14.6 Å². The number of carbonyl (C=O) groups is 2. The van der Waals surface area contributed by atoms with Crippen molar-refractivity contribution in [3.8, 4) is 22.8 Å². The van der Waals surface area contributed by atoms with Crippen molar-refractivity contribution in [1.82, 2.24) is 4.98 Å². The maximum atomic E-state index is 12.2. The molecule has 0 unspecified atom stereocenters. The van der Waals surface area contributed by atoms with Crippen molar-refractivity contribution in [1.29, 1.82) is 0 Å². The lowest BCUT2D eigenvalue weighted by molar-refractivity contribution is 0.0932. The summed E-state index contributed by atoms with van der Waals surface area (Å²) in [5, 5.41) is 0. The fraction of sp³-hybridized carbons (Fsp3) is 0.107. The molecule has 6 nitrogen and oxygen atoms in total. The van der Waals surface area contributed by atoms with Crippen LogP contribution in [0.2, 0.25) is 0 Å². The Kier molecular flexibility index (Phi) is 5.79. The van der Waals surface area contributed by atoms with Crippen LogP contribution in [0.1, 0.15) is 44.4 Å². The first kappa shape index (κ1) is 21.4. The fourth-order valence-corrected chi connectivity index (χ4v) is 3.98. The molecule has 168 valence electrons. The van der Waals surface area contributed by atoms with Crippen LogP contribution in [0.25, 0.3) is 11.3 Å². The van der Waals surface area contributed by atoms with Gasteiger partial charge in [0.15, 0.2) is 5.78 Å². The molecule has 1 aliphatic rings. The number of nitrogens with zero attached hydrogens (tertiary/aromatic N) is 1. The Morgan fingerprint density at radius 2 is 1.74 bits per heavy atom. The van der Waals surface area contributed by atoms with Crippen LogP contribution in [0.15, 0.2) is 91.1 Å². The van der Waals surface area contributed by atoms with Crippen molar-refractivity contribution >= 4 is 11.7 Å². The predicted octanol–water partition coefficient (Wildman–Crippen LogP) is 4.98. The van der Waals surface area contributed by atoms with E-state index in [0.717, 1.165) is 22.4 Å². The normalized spacial score (nSPS) is 13.5. The number of ether oxygens (including phenoxy) is 2. The Morgan fingerprint density at radius 1 is 0.941 bits per heavy atom. The Labute approximate surface area is 197 Å². The molecule has 1 amide bonds. The zero-order valence-corrected chi connectivity index (χ0v) is 18.3. The molecule has 3 aromatic carbocycles. The van der Waals surface area contributed by atoms with Crippen LogP contribution in [0.4, 0.5) is 0 Å². The van der Waals surface area contributed by atoms with Gasteiger partial charge >= 0.3 is 0 Å². The first-order valence-electron chi connectivity index (χ1n) is 11.0. The lowest BCUT2D eigenvalue weighted by Gasteiger charge is -2.23. The molecule has 1 aromatic heterocycles. The number of carbonyl (C=O) groups excluding carboxylic acids is 2. The Balaban J connectivity index is 1.54. The van der Waals surface area contributed by atoms with Gasteiger partial charge in [-0.25, -0.2) is 0 Å². The number of hydrogen-bond donors (Lipinski definition) is 1. The van der Waals surface area contributed by atoms with E-state index >= 15 is 0 Å². The molecule has 5 rings (SSSR count). The van der Waals surface area contributed by atoms with Crippen molar-refractivity contribution in [2.45, 2.75) is 12.5 Å². The smallest absolute Gasteiger partial charge is 0.248 e. The van der Waals surface area contributed by atoms with E-state index in [-0.39, 0.29) is 5.78 Å². The van der Waals surface area contributed by atoms with E-state index in [2.05, 4.69) is 4.98 Å². The van der Waals surface area contributed by atoms with Gasteiger partial charge in [0.05, 0.1) is 17.9 Å². The summed E-state index contributed by atoms with van der Waals surface area (Å²) < 4.78 is 12.1. The Morgan fingerprint density at radius 3 is 2.50 bits per heavy atom. The van der Waals surface area contributed by atoms with Crippen molar-refractivity contribution in [2.24, 2.45) is 5.73 Å². The molecule has 0 aliphatic carbocycles. The largest absolute Gasteiger partial charge is 0.492 e. The molecule has 0 radical (unpaired) electrons. The third-order valence-electron chi connectivity index (χ3n) is 5.75. The first-order chi connectivity index (χ1) is 16.6. The minimum absolute atomic E-state index is 0.0630. The van der Waals surface area contributed by atoms with Crippen molar-refractivity contribution in [2.75, 3.05) is 6.61 Å². The molecule has 34 heavy (non-hydrogen) atoms. The Hall–Kier alpha value is -4.45. The van der Waals surface area contributed by atoms with Gasteiger partial charge in [-0.1, -0.05) is 42.5 Å². The number of primary amides is 1. The average Bonchev–Trinajstić information content (AvgIpc) is 2.88. The number of fused-ring (bicyclic) bond motifs is 1. The SMILES string of the molecule is NC(=O)c1ccc([C@H](Oc2ccc3c(c2)OCCC3=O)c2ccnc(-c3ccccc3)c2)cc1. The summed E-state index contributed by atoms with van der Waals surface area (Å²) >= 11 is 0. The second-order valence-corrected chi connectivity index (χ2v) is 8.00. The first-order valence-corrected chi connectivity index (χ1v) is 11.0. The van der Waals surface area contributed by atoms with Crippen LogP contribution < -0.4 is 15.2 Å². The van der Waals surface area contributed by atoms with Crippen LogP contribution in [-0.4, -0.2) is 23.3 Å². The Bertz CT molecular complexity index is 1350. The highest BCUT2D eigenvalue weighted by Crippen LogP contribution is 2.34. The molecule has 0 bridgehead atoms. The van der Waals surface area contributed by atoms with Crippen LogP contribution in [0.3, 0.4) is 0 Å². The zero-order valence-electron chi connectivity index (χ0n) is 18.3. The van der Waals surface area contributed by atoms with E-state index in [1.165, 1.54) is 0 Å². The third-order valence-corrected chi connectivity index (χ3v) is 5.75. The summed E-state index contributed by atoms with van der Waals surface area (Å²) in [7, 11) is 0. The zero-order chi connectivity index (χ0) is 23.5. The lowest BCUT2D eigenvalue weighted by Crippen LogP contribution is -2.16. The van der Waals surface area contributed by atoms with Gasteiger partial charge in [0, 0.05) is 35.4 Å². The molecule has 0 fully saturated rings. The standard InChI is InChI=1S/C28H22N2O4/c29-28(32)20-8-6-19(7-9-20)27(21-12-14-30-24(16-21)18-4-2-1-3-5-18)34-22-10-11-23-25(31)13-15-33-26(23)17-22/h1-12,14,16-17,27H,13,15H2,(H2,29,32)/t27-/m0/s1. The molecular weight excluding hydrogens is 428 g/mol. The maximum Gasteiger partial charge on any atom is 0.248 e. The van der Waals surface area contributed by atoms with Gasteiger partial charge < -0.3 is 15.2 Å². The van der Waals surface area contributed by atoms with Crippen molar-refractivity contribution in [3.63, 3.8) is 0 Å². The van der Waals surface area contributed by atoms with Crippen molar-refractivity contribution in [3.05, 3.63) is 113 Å². The average molecular weight is 450 g/mol. The third kappa shape index (κ3) is 4.38. The summed E-state index contributed by atoms with van der Waals surface area (Å²) in [5.41, 5.74) is 9.94. The number of hydrogen-bond acceptors (Lipinski definition) is 5. The van der Waals surface area contributed by atoms with Crippen LogP contribution in [-0.2, 0) is 0 Å². The quantitative estimate of drug-likeness (QED) is 0.447. The highest BCUT2D eigenvalue weighted by molar-refractivity contribution is 5.99. The molecule has 1 atom stereocenters. The fourth-order valence-electron chi connectivity index (χ4n) is 3.98. The van der Waals surface area contributed by atoms with Crippen LogP contribution in [0.5, 0.6) is 11.5 Å². The minimum atomic E-state index is -0.496. The summed E-state index contributed by atoms with van der Waals surface area (Å²) in [4.78, 5) is 28.2. The predicted molar refractivity (Wildman–Crippen MR) is 128 cm³/mol. The molecule has 1 aliphatic heterocycles. The summed E-state index contributed by atoms with van der Waals surface area (Å²) in [6, 6.07) is 26.1. The van der Waals surface area contributed by atoms with Gasteiger partial charge in [0.25, 0.3) is 0 Å². The van der Waals surface area contributed by atoms with Gasteiger partial charge in [-0.15, -0.1) is 0 Å². The molecule has 0 saturated carbocycles. The minimum Gasteiger partial charge on any atom is -0.492 e. The van der Waals surface area contributed by atoms with Crippen LogP contribution in [0, 0.1) is 0 Å². The number of amides is 1. The number of ketones is 1. The van der Waals surface area contributed by atoms with E-state index in [1.54, 1.807) is 36.5 Å². The summed E-state index contributed by atoms with van der Waals surface area (Å²) in [6.45, 7) is 0.359. The molecular formula is C28H22N2O4. The van der Waals surface area contributed by atoms with E-state index in [4.69, 9.17) is 15.2 Å². The van der Waals surface area contributed by atoms with Gasteiger partial charge in [0.2, 0.25) is 5.91 Å². The van der Waals surface area contributed by atoms with Gasteiger partial charge in [-0.05, 0) is 42.0 Å². The number of nitrogens with two attached hydrogens (primary N) is 1. The second-order valence-electron chi connectivity index (χ2n) is 8.00. The number of Topliss-reactive ketones (excluding diaryl/α,β-unsaturated/α-hetero) is 1. The number of aromatic nitrogens is 1. The maximum absolute atomic E-state index is 12.2. The summed E-state index contributed by atoms with van der Waals surface area (Å²) in [6.07, 6.45) is 1.63. The topological polar surface area (TPSA) is 91.5 Å². The van der Waals surface area contributed by atoms with E-state index in [0.29, 0.717) is 35.7 Å². The molecule has 0 saturated heterocycles. The van der Waals surface area contributed by atoms with E-state index in [9.17, 15) is 9.59 Å². The monoisotopic (exact) mass is 450 g/mol. The van der Waals surface area contributed by atoms with E-state index < -0.39 is 12.0 Å². The van der Waals surface area contributed by atoms with E-state index in [1.807, 2.05) is 54.6 Å². The number of benzene rings is 3. The second kappa shape index (κ2) is 9.19. The number of rotatable bonds is 6. The van der Waals surface area contributed by atoms with Crippen LogP contribution >= 0.6 is 0 Å².